The Labute approximate surface area is 256 Å². The van der Waals surface area contributed by atoms with Gasteiger partial charge < -0.3 is 26.4 Å². The van der Waals surface area contributed by atoms with Crippen LogP contribution in [0.1, 0.15) is 54.7 Å². The number of methoxy groups -OCH3 is 1. The average Bonchev–Trinajstić information content (AvgIpc) is 3.42. The lowest BCUT2D eigenvalue weighted by Crippen LogP contribution is -2.50. The molecule has 12 heteroatoms. The van der Waals surface area contributed by atoms with Crippen LogP contribution in [-0.2, 0) is 15.0 Å². The predicted molar refractivity (Wildman–Crippen MR) is 163 cm³/mol. The van der Waals surface area contributed by atoms with E-state index in [2.05, 4.69) is 57.6 Å². The number of carbonyl (C=O) groups is 3. The highest BCUT2D eigenvalue weighted by Crippen LogP contribution is 2.54. The number of nitrogens with zero attached hydrogens (tertiary/aromatic N) is 1. The van der Waals surface area contributed by atoms with E-state index in [-0.39, 0.29) is 22.4 Å². The van der Waals surface area contributed by atoms with Gasteiger partial charge in [0.1, 0.15) is 17.0 Å². The van der Waals surface area contributed by atoms with Crippen LogP contribution >= 0.6 is 27.5 Å². The Morgan fingerprint density at radius 3 is 2.69 bits per heavy atom. The van der Waals surface area contributed by atoms with Crippen LogP contribution in [0.15, 0.2) is 53.1 Å². The zero-order valence-corrected chi connectivity index (χ0v) is 25.9. The van der Waals surface area contributed by atoms with Crippen molar-refractivity contribution in [1.82, 2.24) is 10.3 Å². The second-order valence-corrected chi connectivity index (χ2v) is 12.7. The van der Waals surface area contributed by atoms with Gasteiger partial charge in [0.15, 0.2) is 0 Å². The molecule has 1 saturated heterocycles. The maximum Gasteiger partial charge on any atom is 0.248 e. The summed E-state index contributed by atoms with van der Waals surface area (Å²) in [6, 6.07) is 11.2. The Balaban J connectivity index is 0.000000244. The second kappa shape index (κ2) is 12.4. The van der Waals surface area contributed by atoms with Gasteiger partial charge in [-0.05, 0) is 63.7 Å². The molecule has 1 fully saturated rings. The van der Waals surface area contributed by atoms with Gasteiger partial charge in [0.05, 0.1) is 29.2 Å². The van der Waals surface area contributed by atoms with Crippen molar-refractivity contribution in [3.63, 3.8) is 0 Å². The Kier molecular flexibility index (Phi) is 9.24. The molecule has 1 aromatic heterocycles. The maximum absolute atomic E-state index is 15.0. The van der Waals surface area contributed by atoms with Crippen LogP contribution in [0, 0.1) is 11.2 Å². The minimum atomic E-state index is -0.991. The minimum absolute atomic E-state index is 0.0230. The molecule has 3 atom stereocenters. The summed E-state index contributed by atoms with van der Waals surface area (Å²) in [6.07, 6.45) is 2.97. The number of halogens is 3. The lowest BCUT2D eigenvalue weighted by Gasteiger charge is -2.36. The molecule has 0 aliphatic carbocycles. The van der Waals surface area contributed by atoms with Gasteiger partial charge >= 0.3 is 0 Å². The first-order valence-electron chi connectivity index (χ1n) is 13.2. The highest BCUT2D eigenvalue weighted by Gasteiger charge is 2.62. The Bertz CT molecular complexity index is 1530. The molecule has 5 rings (SSSR count). The lowest BCUT2D eigenvalue weighted by atomic mass is 9.65. The van der Waals surface area contributed by atoms with E-state index in [4.69, 9.17) is 22.1 Å². The Hall–Kier alpha value is -3.54. The molecule has 0 saturated carbocycles. The van der Waals surface area contributed by atoms with E-state index < -0.39 is 23.1 Å². The summed E-state index contributed by atoms with van der Waals surface area (Å²) in [5, 5.41) is 9.00. The van der Waals surface area contributed by atoms with Crippen molar-refractivity contribution in [2.24, 2.45) is 11.1 Å². The number of aromatic nitrogens is 1. The van der Waals surface area contributed by atoms with Gasteiger partial charge in [0, 0.05) is 34.7 Å². The number of benzene rings is 2. The van der Waals surface area contributed by atoms with Gasteiger partial charge in [0.2, 0.25) is 18.2 Å². The van der Waals surface area contributed by atoms with E-state index in [0.717, 1.165) is 10.9 Å². The number of nitrogens with one attached hydrogen (secondary N) is 3. The highest BCUT2D eigenvalue weighted by atomic mass is 79.9. The monoisotopic (exact) mass is 659 g/mol. The molecule has 2 unspecified atom stereocenters. The Morgan fingerprint density at radius 1 is 1.31 bits per heavy atom. The Morgan fingerprint density at radius 2 is 2.05 bits per heavy atom. The molecular weight excluding hydrogens is 629 g/mol. The lowest BCUT2D eigenvalue weighted by molar-refractivity contribution is -0.122. The zero-order valence-electron chi connectivity index (χ0n) is 23.6. The van der Waals surface area contributed by atoms with E-state index in [9.17, 15) is 14.4 Å². The molecule has 42 heavy (non-hydrogen) atoms. The molecule has 2 aliphatic rings. The number of anilines is 2. The van der Waals surface area contributed by atoms with E-state index in [0.29, 0.717) is 46.9 Å². The van der Waals surface area contributed by atoms with Crippen LogP contribution in [0.3, 0.4) is 0 Å². The number of hydrogen-bond acceptors (Lipinski definition) is 6. The molecule has 0 radical (unpaired) electrons. The SMILES string of the molecule is CC(C)(C)CC1NCC(c2cccc(Cl)c2F)[C@]12C(=O)Nc1cc(Br)cnc12.COc1cc(C(N)=O)ccc1NC=O. The van der Waals surface area contributed by atoms with Crippen molar-refractivity contribution in [3.05, 3.63) is 80.8 Å². The van der Waals surface area contributed by atoms with Crippen LogP contribution in [-0.4, -0.2) is 42.9 Å². The van der Waals surface area contributed by atoms with Crippen molar-refractivity contribution in [2.45, 2.75) is 44.6 Å². The van der Waals surface area contributed by atoms with E-state index >= 15 is 4.39 Å². The standard InChI is InChI=1S/C21H22BrClFN3O.C9H10N2O3/c1-20(2,3)8-16-21(18-15(27-19(21)28)7-11(22)9-26-18)13(10-25-16)12-5-4-6-14(23)17(12)24;1-14-8-4-6(9(10)13)2-3-7(8)11-5-12/h4-7,9,13,16,25H,8,10H2,1-3H3,(H,27,28);2-5H,1H3,(H2,10,13)(H,11,12)/t13?,16?,21-;/m0./s1. The molecule has 3 heterocycles. The molecule has 2 aliphatic heterocycles. The van der Waals surface area contributed by atoms with Crippen LogP contribution in [0.4, 0.5) is 15.8 Å². The average molecular weight is 661 g/mol. The number of ether oxygens (including phenoxy) is 1. The summed E-state index contributed by atoms with van der Waals surface area (Å²) in [5.74, 6) is -1.16. The topological polar surface area (TPSA) is 135 Å². The third-order valence-corrected chi connectivity index (χ3v) is 8.14. The summed E-state index contributed by atoms with van der Waals surface area (Å²) < 4.78 is 20.7. The second-order valence-electron chi connectivity index (χ2n) is 11.3. The number of nitrogens with two attached hydrogens (primary N) is 1. The first-order chi connectivity index (χ1) is 19.8. The molecule has 0 bridgehead atoms. The van der Waals surface area contributed by atoms with Crippen LogP contribution in [0.25, 0.3) is 0 Å². The normalized spacial score (nSPS) is 20.8. The van der Waals surface area contributed by atoms with Crippen molar-refractivity contribution in [2.75, 3.05) is 24.3 Å². The fraction of sp³-hybridized carbons (Fsp3) is 0.333. The molecule has 3 aromatic rings. The first-order valence-corrected chi connectivity index (χ1v) is 14.3. The van der Waals surface area contributed by atoms with Crippen LogP contribution < -0.4 is 26.4 Å². The fourth-order valence-electron chi connectivity index (χ4n) is 5.69. The number of hydrogen-bond donors (Lipinski definition) is 4. The van der Waals surface area contributed by atoms with Crippen molar-refractivity contribution >= 4 is 57.1 Å². The maximum atomic E-state index is 15.0. The van der Waals surface area contributed by atoms with Gasteiger partial charge in [-0.2, -0.15) is 0 Å². The summed E-state index contributed by atoms with van der Waals surface area (Å²) in [6.45, 7) is 6.89. The number of carbonyl (C=O) groups excluding carboxylic acids is 3. The summed E-state index contributed by atoms with van der Waals surface area (Å²) in [4.78, 5) is 39.1. The van der Waals surface area contributed by atoms with Gasteiger partial charge in [0.25, 0.3) is 0 Å². The van der Waals surface area contributed by atoms with Gasteiger partial charge in [-0.3, -0.25) is 19.4 Å². The third kappa shape index (κ3) is 5.99. The van der Waals surface area contributed by atoms with E-state index in [1.165, 1.54) is 25.3 Å². The van der Waals surface area contributed by atoms with Crippen molar-refractivity contribution < 1.29 is 23.5 Å². The number of pyridine rings is 1. The molecular formula is C30H32BrClFN5O4. The number of fused-ring (bicyclic) bond motifs is 2. The van der Waals surface area contributed by atoms with Gasteiger partial charge in [-0.25, -0.2) is 4.39 Å². The summed E-state index contributed by atoms with van der Waals surface area (Å²) in [7, 11) is 1.44. The minimum Gasteiger partial charge on any atom is -0.495 e. The van der Waals surface area contributed by atoms with Crippen molar-refractivity contribution in [1.29, 1.82) is 0 Å². The summed E-state index contributed by atoms with van der Waals surface area (Å²) in [5.41, 5.74) is 6.68. The van der Waals surface area contributed by atoms with E-state index in [1.807, 2.05) is 6.07 Å². The van der Waals surface area contributed by atoms with Crippen LogP contribution in [0.2, 0.25) is 5.02 Å². The first kappa shape index (κ1) is 31.4. The molecule has 3 amide bonds. The quantitative estimate of drug-likeness (QED) is 0.262. The fourth-order valence-corrected chi connectivity index (χ4v) is 6.20. The highest BCUT2D eigenvalue weighted by molar-refractivity contribution is 9.10. The molecule has 9 nitrogen and oxygen atoms in total. The van der Waals surface area contributed by atoms with Gasteiger partial charge in [-0.15, -0.1) is 0 Å². The number of primary amides is 1. The summed E-state index contributed by atoms with van der Waals surface area (Å²) >= 11 is 9.49. The van der Waals surface area contributed by atoms with Crippen LogP contribution in [0.5, 0.6) is 5.75 Å². The predicted octanol–water partition coefficient (Wildman–Crippen LogP) is 5.38. The molecule has 2 aromatic carbocycles. The largest absolute Gasteiger partial charge is 0.495 e. The van der Waals surface area contributed by atoms with Crippen molar-refractivity contribution in [3.8, 4) is 5.75 Å². The number of amides is 3. The number of rotatable bonds is 6. The van der Waals surface area contributed by atoms with E-state index in [1.54, 1.807) is 24.4 Å². The zero-order chi connectivity index (χ0) is 30.8. The smallest absolute Gasteiger partial charge is 0.248 e. The molecule has 1 spiro atoms. The molecule has 222 valence electrons. The van der Waals surface area contributed by atoms with Gasteiger partial charge in [-0.1, -0.05) is 44.5 Å². The molecule has 5 N–H and O–H groups in total. The third-order valence-electron chi connectivity index (χ3n) is 7.41.